The maximum Gasteiger partial charge on any atom is 0.250 e. The van der Waals surface area contributed by atoms with E-state index in [4.69, 9.17) is 0 Å². The van der Waals surface area contributed by atoms with Crippen LogP contribution in [0.1, 0.15) is 23.9 Å². The molecule has 2 heterocycles. The Morgan fingerprint density at radius 1 is 1.03 bits per heavy atom. The molecule has 0 radical (unpaired) electrons. The minimum absolute atomic E-state index is 0.0181. The molecule has 0 saturated heterocycles. The first-order chi connectivity index (χ1) is 15.0. The van der Waals surface area contributed by atoms with Crippen molar-refractivity contribution in [1.82, 2.24) is 20.0 Å². The number of benzene rings is 2. The summed E-state index contributed by atoms with van der Waals surface area (Å²) in [4.78, 5) is 20.5. The number of aromatic nitrogens is 2. The lowest BCUT2D eigenvalue weighted by molar-refractivity contribution is -0.121. The van der Waals surface area contributed by atoms with Crippen LogP contribution in [0.4, 0.5) is 0 Å². The molecule has 31 heavy (non-hydrogen) atoms. The zero-order valence-corrected chi connectivity index (χ0v) is 18.2. The molecule has 9 heteroatoms. The Balaban J connectivity index is 1.44. The molecule has 2 aromatic heterocycles. The van der Waals surface area contributed by atoms with E-state index in [2.05, 4.69) is 20.0 Å². The fourth-order valence-electron chi connectivity index (χ4n) is 3.26. The molecule has 0 saturated carbocycles. The number of rotatable bonds is 9. The first-order valence-electron chi connectivity index (χ1n) is 9.82. The van der Waals surface area contributed by atoms with Gasteiger partial charge in [-0.25, -0.2) is 18.1 Å². The van der Waals surface area contributed by atoms with Crippen LogP contribution < -0.4 is 10.0 Å². The first kappa shape index (κ1) is 21.2. The number of imidazole rings is 1. The van der Waals surface area contributed by atoms with Crippen molar-refractivity contribution in [1.29, 1.82) is 0 Å². The smallest absolute Gasteiger partial charge is 0.250 e. The largest absolute Gasteiger partial charge is 0.346 e. The lowest BCUT2D eigenvalue weighted by Crippen LogP contribution is -2.34. The van der Waals surface area contributed by atoms with Crippen LogP contribution in [0.5, 0.6) is 0 Å². The Kier molecular flexibility index (Phi) is 6.45. The predicted molar refractivity (Wildman–Crippen MR) is 121 cm³/mol. The second-order valence-corrected chi connectivity index (χ2v) is 9.97. The highest BCUT2D eigenvalue weighted by Crippen LogP contribution is 2.20. The quantitative estimate of drug-likeness (QED) is 0.361. The van der Waals surface area contributed by atoms with Crippen molar-refractivity contribution in [2.45, 2.75) is 23.1 Å². The van der Waals surface area contributed by atoms with Crippen molar-refractivity contribution in [2.24, 2.45) is 0 Å². The molecule has 0 aliphatic carbocycles. The average Bonchev–Trinajstić information content (AvgIpc) is 3.44. The van der Waals surface area contributed by atoms with Crippen LogP contribution in [0.2, 0.25) is 0 Å². The molecule has 4 aromatic rings. The monoisotopic (exact) mass is 454 g/mol. The third-order valence-corrected chi connectivity index (χ3v) is 7.62. The number of aromatic amines is 1. The molecule has 0 bridgehead atoms. The van der Waals surface area contributed by atoms with Gasteiger partial charge in [0.1, 0.15) is 10.0 Å². The van der Waals surface area contributed by atoms with Gasteiger partial charge < -0.3 is 10.3 Å². The number of carbonyl (C=O) groups is 1. The molecule has 0 aliphatic rings. The number of sulfonamides is 1. The van der Waals surface area contributed by atoms with E-state index in [9.17, 15) is 13.2 Å². The Morgan fingerprint density at radius 3 is 2.55 bits per heavy atom. The van der Waals surface area contributed by atoms with Gasteiger partial charge in [-0.1, -0.05) is 48.5 Å². The van der Waals surface area contributed by atoms with Crippen LogP contribution >= 0.6 is 11.3 Å². The molecule has 2 aromatic carbocycles. The Bertz CT molecular complexity index is 1220. The van der Waals surface area contributed by atoms with E-state index in [0.717, 1.165) is 27.9 Å². The van der Waals surface area contributed by atoms with Crippen molar-refractivity contribution >= 4 is 38.3 Å². The maximum atomic E-state index is 12.6. The molecule has 1 amide bonds. The molecule has 160 valence electrons. The van der Waals surface area contributed by atoms with Crippen molar-refractivity contribution < 1.29 is 13.2 Å². The van der Waals surface area contributed by atoms with Crippen LogP contribution in [-0.4, -0.2) is 30.8 Å². The Hall–Kier alpha value is -3.01. The van der Waals surface area contributed by atoms with Crippen molar-refractivity contribution in [2.75, 3.05) is 6.54 Å². The van der Waals surface area contributed by atoms with Gasteiger partial charge in [0.15, 0.2) is 0 Å². The van der Waals surface area contributed by atoms with Crippen molar-refractivity contribution in [3.63, 3.8) is 0 Å². The van der Waals surface area contributed by atoms with Crippen LogP contribution in [0.3, 0.4) is 0 Å². The SMILES string of the molecule is O=C(CCNS(=O)(=O)c1cccs1)N[C@@H](Cc1ccccc1)c1nc2ccccc2[nH]1. The molecular formula is C22H22N4O3S2. The third-order valence-electron chi connectivity index (χ3n) is 4.76. The van der Waals surface area contributed by atoms with Gasteiger partial charge in [-0.15, -0.1) is 11.3 Å². The highest BCUT2D eigenvalue weighted by Gasteiger charge is 2.20. The van der Waals surface area contributed by atoms with Gasteiger partial charge in [-0.2, -0.15) is 0 Å². The van der Waals surface area contributed by atoms with Gasteiger partial charge in [0.2, 0.25) is 15.9 Å². The maximum absolute atomic E-state index is 12.6. The fraction of sp³-hybridized carbons (Fsp3) is 0.182. The second-order valence-electron chi connectivity index (χ2n) is 7.03. The van der Waals surface area contributed by atoms with E-state index in [1.54, 1.807) is 11.4 Å². The molecule has 0 unspecified atom stereocenters. The van der Waals surface area contributed by atoms with Gasteiger partial charge in [0.25, 0.3) is 0 Å². The Labute approximate surface area is 184 Å². The van der Waals surface area contributed by atoms with E-state index in [-0.39, 0.29) is 29.1 Å². The highest BCUT2D eigenvalue weighted by molar-refractivity contribution is 7.91. The number of hydrogen-bond acceptors (Lipinski definition) is 5. The van der Waals surface area contributed by atoms with E-state index < -0.39 is 10.0 Å². The van der Waals surface area contributed by atoms with E-state index >= 15 is 0 Å². The summed E-state index contributed by atoms with van der Waals surface area (Å²) in [5.41, 5.74) is 2.79. The summed E-state index contributed by atoms with van der Waals surface area (Å²) in [5.74, 6) is 0.410. The fourth-order valence-corrected chi connectivity index (χ4v) is 5.33. The van der Waals surface area contributed by atoms with E-state index in [0.29, 0.717) is 12.2 Å². The second kappa shape index (κ2) is 9.42. The van der Waals surface area contributed by atoms with Crippen LogP contribution in [0.25, 0.3) is 11.0 Å². The minimum Gasteiger partial charge on any atom is -0.346 e. The number of amides is 1. The lowest BCUT2D eigenvalue weighted by Gasteiger charge is -2.17. The molecule has 3 N–H and O–H groups in total. The van der Waals surface area contributed by atoms with E-state index in [1.165, 1.54) is 6.07 Å². The van der Waals surface area contributed by atoms with Gasteiger partial charge in [0.05, 0.1) is 17.1 Å². The number of nitrogens with one attached hydrogen (secondary N) is 3. The van der Waals surface area contributed by atoms with Crippen molar-refractivity contribution in [3.05, 3.63) is 83.5 Å². The normalized spacial score (nSPS) is 12.6. The first-order valence-corrected chi connectivity index (χ1v) is 12.2. The number of thiophene rings is 1. The summed E-state index contributed by atoms with van der Waals surface area (Å²) < 4.78 is 27.1. The topological polar surface area (TPSA) is 104 Å². The molecule has 0 fully saturated rings. The molecule has 0 aliphatic heterocycles. The molecule has 1 atom stereocenters. The lowest BCUT2D eigenvalue weighted by atomic mass is 10.1. The van der Waals surface area contributed by atoms with Gasteiger partial charge >= 0.3 is 0 Å². The average molecular weight is 455 g/mol. The minimum atomic E-state index is -3.59. The molecule has 0 spiro atoms. The molecular weight excluding hydrogens is 432 g/mol. The summed E-state index contributed by atoms with van der Waals surface area (Å²) in [6, 6.07) is 20.4. The van der Waals surface area contributed by atoms with E-state index in [1.807, 2.05) is 54.6 Å². The standard InChI is InChI=1S/C22H22N4O3S2/c27-20(12-13-23-31(28,29)21-11-6-14-30-21)24-19(15-16-7-2-1-3-8-16)22-25-17-9-4-5-10-18(17)26-22/h1-11,14,19,23H,12-13,15H2,(H,24,27)(H,25,26)/t19-/m0/s1. The number of hydrogen-bond donors (Lipinski definition) is 3. The molecule has 4 rings (SSSR count). The summed E-state index contributed by atoms with van der Waals surface area (Å²) in [6.45, 7) is 0.0181. The highest BCUT2D eigenvalue weighted by atomic mass is 32.2. The summed E-state index contributed by atoms with van der Waals surface area (Å²) in [5, 5.41) is 4.70. The van der Waals surface area contributed by atoms with Crippen LogP contribution in [0, 0.1) is 0 Å². The number of nitrogens with zero attached hydrogens (tertiary/aromatic N) is 1. The van der Waals surface area contributed by atoms with Crippen LogP contribution in [-0.2, 0) is 21.2 Å². The summed E-state index contributed by atoms with van der Waals surface area (Å²) in [6.07, 6.45) is 0.587. The van der Waals surface area contributed by atoms with Crippen molar-refractivity contribution in [3.8, 4) is 0 Å². The third kappa shape index (κ3) is 5.38. The predicted octanol–water partition coefficient (Wildman–Crippen LogP) is 3.39. The number of fused-ring (bicyclic) bond motifs is 1. The summed E-state index contributed by atoms with van der Waals surface area (Å²) >= 11 is 1.14. The zero-order valence-electron chi connectivity index (χ0n) is 16.6. The Morgan fingerprint density at radius 2 is 1.81 bits per heavy atom. The van der Waals surface area contributed by atoms with Crippen LogP contribution in [0.15, 0.2) is 76.3 Å². The number of para-hydroxylation sites is 2. The molecule has 7 nitrogen and oxygen atoms in total. The number of carbonyl (C=O) groups excluding carboxylic acids is 1. The van der Waals surface area contributed by atoms with Gasteiger partial charge in [-0.3, -0.25) is 4.79 Å². The number of H-pyrrole nitrogens is 1. The zero-order chi connectivity index (χ0) is 21.7. The van der Waals surface area contributed by atoms with Gasteiger partial charge in [0, 0.05) is 13.0 Å². The summed E-state index contributed by atoms with van der Waals surface area (Å²) in [7, 11) is -3.59. The van der Waals surface area contributed by atoms with Gasteiger partial charge in [-0.05, 0) is 35.6 Å².